The maximum atomic E-state index is 13.3. The molecule has 2 saturated heterocycles. The Morgan fingerprint density at radius 1 is 0.810 bits per heavy atom. The molecule has 3 aromatic carbocycles. The molecule has 5 N–H and O–H groups in total. The van der Waals surface area contributed by atoms with E-state index in [1.165, 1.54) is 0 Å². The Balaban J connectivity index is 0.681. The minimum absolute atomic E-state index is 0.0797. The van der Waals surface area contributed by atoms with E-state index in [0.717, 1.165) is 97.0 Å². The first-order valence-corrected chi connectivity index (χ1v) is 22.1. The summed E-state index contributed by atoms with van der Waals surface area (Å²) in [4.78, 5) is 66.7. The highest BCUT2D eigenvalue weighted by molar-refractivity contribution is 6.25. The zero-order valence-corrected chi connectivity index (χ0v) is 35.3. The molecule has 16 nitrogen and oxygen atoms in total. The Kier molecular flexibility index (Phi) is 12.6. The van der Waals surface area contributed by atoms with Crippen molar-refractivity contribution in [3.63, 3.8) is 0 Å². The first-order chi connectivity index (χ1) is 30.8. The van der Waals surface area contributed by atoms with Gasteiger partial charge in [-0.25, -0.2) is 9.97 Å². The third-order valence-electron chi connectivity index (χ3n) is 12.8. The standard InChI is InChI=1S/C47H54N10O6/c48-43-42-37(31-11-17-35(18-12-31)63-34-6-2-1-3-7-34)29-56(44(42)53-30-52-43)33-15-13-32(14-16-33)55-23-21-54(22-24-55)25-27-62-26-20-49-40(58)28-51-38-9-4-8-36-41(38)47(61)57(46(36)60)39-10-5-19-50-45(39)59/h1-4,6-9,11-12,17-18,29-30,32-33,39,51H,5,10,13-16,19-28H2,(H,49,58)(H,50,59)(H2,48,52,53)/t32-,33-,39?. The molecule has 4 aliphatic rings. The van der Waals surface area contributed by atoms with Crippen LogP contribution in [0.3, 0.4) is 0 Å². The van der Waals surface area contributed by atoms with Crippen molar-refractivity contribution in [2.45, 2.75) is 56.7 Å². The molecule has 9 rings (SSSR count). The number of nitrogens with zero attached hydrogens (tertiary/aromatic N) is 6. The molecule has 1 atom stereocenters. The second kappa shape index (κ2) is 18.9. The Morgan fingerprint density at radius 3 is 2.35 bits per heavy atom. The van der Waals surface area contributed by atoms with Crippen molar-refractivity contribution in [3.8, 4) is 22.6 Å². The first kappa shape index (κ1) is 42.0. The van der Waals surface area contributed by atoms with Gasteiger partial charge in [0.15, 0.2) is 0 Å². The number of amides is 4. The molecule has 63 heavy (non-hydrogen) atoms. The van der Waals surface area contributed by atoms with Gasteiger partial charge in [0.05, 0.1) is 36.3 Å². The van der Waals surface area contributed by atoms with Crippen LogP contribution in [0.5, 0.6) is 11.5 Å². The van der Waals surface area contributed by atoms with E-state index in [-0.39, 0.29) is 29.5 Å². The summed E-state index contributed by atoms with van der Waals surface area (Å²) in [6.07, 6.45) is 9.27. The molecule has 0 radical (unpaired) electrons. The molecule has 1 aliphatic carbocycles. The van der Waals surface area contributed by atoms with Crippen LogP contribution in [0.25, 0.3) is 22.2 Å². The highest BCUT2D eigenvalue weighted by Crippen LogP contribution is 2.40. The van der Waals surface area contributed by atoms with Gasteiger partial charge in [0.25, 0.3) is 11.8 Å². The molecule has 2 aromatic heterocycles. The number of hydrogen-bond donors (Lipinski definition) is 4. The Labute approximate surface area is 366 Å². The normalized spacial score (nSPS) is 20.7. The molecule has 16 heteroatoms. The average Bonchev–Trinajstić information content (AvgIpc) is 3.83. The number of nitrogens with one attached hydrogen (secondary N) is 3. The molecular formula is C47H54N10O6. The SMILES string of the molecule is Nc1ncnc2c1c(-c1ccc(Oc3ccccc3)cc1)cn2[C@H]1CC[C@H](N2CCN(CCOCCNC(=O)CNc3cccc4c3C(=O)N(C3CCCNC3=O)C4=O)CC2)CC1. The number of carbonyl (C=O) groups excluding carboxylic acids is 4. The van der Waals surface area contributed by atoms with Gasteiger partial charge in [0, 0.05) is 75.3 Å². The van der Waals surface area contributed by atoms with Crippen LogP contribution in [0.4, 0.5) is 11.5 Å². The van der Waals surface area contributed by atoms with Crippen LogP contribution < -0.4 is 26.4 Å². The fraction of sp³-hybridized carbons (Fsp3) is 0.404. The summed E-state index contributed by atoms with van der Waals surface area (Å²) >= 11 is 0. The van der Waals surface area contributed by atoms with Crippen molar-refractivity contribution in [1.82, 2.24) is 39.9 Å². The summed E-state index contributed by atoms with van der Waals surface area (Å²) in [5, 5.41) is 9.48. The second-order valence-electron chi connectivity index (χ2n) is 16.7. The third-order valence-corrected chi connectivity index (χ3v) is 12.8. The van der Waals surface area contributed by atoms with Crippen LogP contribution in [0.15, 0.2) is 85.3 Å². The van der Waals surface area contributed by atoms with Crippen molar-refractivity contribution in [2.24, 2.45) is 0 Å². The lowest BCUT2D eigenvalue weighted by atomic mass is 9.89. The summed E-state index contributed by atoms with van der Waals surface area (Å²) < 4.78 is 14.2. The highest BCUT2D eigenvalue weighted by Gasteiger charge is 2.44. The molecule has 328 valence electrons. The molecular weight excluding hydrogens is 801 g/mol. The highest BCUT2D eigenvalue weighted by atomic mass is 16.5. The van der Waals surface area contributed by atoms with E-state index in [1.54, 1.807) is 24.5 Å². The van der Waals surface area contributed by atoms with Crippen molar-refractivity contribution in [3.05, 3.63) is 96.4 Å². The predicted octanol–water partition coefficient (Wildman–Crippen LogP) is 4.69. The minimum atomic E-state index is -0.826. The molecule has 5 aromatic rings. The van der Waals surface area contributed by atoms with E-state index in [9.17, 15) is 19.2 Å². The monoisotopic (exact) mass is 854 g/mol. The number of aromatic nitrogens is 3. The molecule has 3 aliphatic heterocycles. The van der Waals surface area contributed by atoms with Gasteiger partial charge in [0.1, 0.15) is 35.3 Å². The van der Waals surface area contributed by atoms with E-state index in [4.69, 9.17) is 20.2 Å². The van der Waals surface area contributed by atoms with E-state index < -0.39 is 17.9 Å². The predicted molar refractivity (Wildman–Crippen MR) is 238 cm³/mol. The van der Waals surface area contributed by atoms with Crippen LogP contribution in [0.1, 0.15) is 65.3 Å². The number of rotatable bonds is 15. The number of fused-ring (bicyclic) bond motifs is 2. The number of piperidine rings is 1. The maximum absolute atomic E-state index is 13.3. The summed E-state index contributed by atoms with van der Waals surface area (Å²) in [7, 11) is 0. The number of nitrogen functional groups attached to an aromatic ring is 1. The number of piperazine rings is 1. The van der Waals surface area contributed by atoms with Gasteiger partial charge >= 0.3 is 0 Å². The van der Waals surface area contributed by atoms with E-state index in [1.807, 2.05) is 42.5 Å². The number of benzene rings is 3. The fourth-order valence-corrected chi connectivity index (χ4v) is 9.52. The molecule has 0 bridgehead atoms. The van der Waals surface area contributed by atoms with Gasteiger partial charge in [-0.15, -0.1) is 0 Å². The molecule has 0 spiro atoms. The second-order valence-corrected chi connectivity index (χ2v) is 16.7. The summed E-state index contributed by atoms with van der Waals surface area (Å²) in [6, 6.07) is 22.8. The van der Waals surface area contributed by atoms with Crippen molar-refractivity contribution in [2.75, 3.05) is 76.6 Å². The van der Waals surface area contributed by atoms with Crippen LogP contribution in [-0.4, -0.2) is 131 Å². The number of ether oxygens (including phenoxy) is 2. The summed E-state index contributed by atoms with van der Waals surface area (Å²) in [6.45, 7) is 6.63. The van der Waals surface area contributed by atoms with Crippen LogP contribution in [-0.2, 0) is 14.3 Å². The van der Waals surface area contributed by atoms with Gasteiger partial charge in [-0.05, 0) is 80.5 Å². The number of anilines is 2. The zero-order chi connectivity index (χ0) is 43.3. The van der Waals surface area contributed by atoms with E-state index in [2.05, 4.69) is 53.6 Å². The number of carbonyl (C=O) groups is 4. The van der Waals surface area contributed by atoms with Gasteiger partial charge < -0.3 is 35.7 Å². The quantitative estimate of drug-likeness (QED) is 0.0842. The molecule has 3 fully saturated rings. The van der Waals surface area contributed by atoms with E-state index >= 15 is 0 Å². The van der Waals surface area contributed by atoms with Crippen molar-refractivity contribution < 1.29 is 28.7 Å². The number of imide groups is 1. The van der Waals surface area contributed by atoms with Crippen molar-refractivity contribution in [1.29, 1.82) is 0 Å². The lowest BCUT2D eigenvalue weighted by Crippen LogP contribution is -2.52. The topological polar surface area (TPSA) is 189 Å². The number of para-hydroxylation sites is 1. The van der Waals surface area contributed by atoms with Crippen LogP contribution in [0.2, 0.25) is 0 Å². The average molecular weight is 855 g/mol. The van der Waals surface area contributed by atoms with Gasteiger partial charge in [-0.2, -0.15) is 0 Å². The maximum Gasteiger partial charge on any atom is 0.264 e. The summed E-state index contributed by atoms with van der Waals surface area (Å²) in [5.41, 5.74) is 10.2. The third kappa shape index (κ3) is 9.10. The lowest BCUT2D eigenvalue weighted by molar-refractivity contribution is -0.126. The first-order valence-electron chi connectivity index (χ1n) is 22.1. The zero-order valence-electron chi connectivity index (χ0n) is 35.3. The van der Waals surface area contributed by atoms with Crippen LogP contribution in [0, 0.1) is 0 Å². The lowest BCUT2D eigenvalue weighted by Gasteiger charge is -2.42. The van der Waals surface area contributed by atoms with E-state index in [0.29, 0.717) is 62.7 Å². The van der Waals surface area contributed by atoms with Gasteiger partial charge in [0.2, 0.25) is 11.8 Å². The number of hydrogen-bond acceptors (Lipinski definition) is 12. The van der Waals surface area contributed by atoms with Gasteiger partial charge in [-0.3, -0.25) is 33.9 Å². The summed E-state index contributed by atoms with van der Waals surface area (Å²) in [5.74, 6) is 0.456. The Hall–Kier alpha value is -6.36. The van der Waals surface area contributed by atoms with Gasteiger partial charge in [-0.1, -0.05) is 36.4 Å². The molecule has 5 heterocycles. The largest absolute Gasteiger partial charge is 0.457 e. The molecule has 1 unspecified atom stereocenters. The molecule has 4 amide bonds. The smallest absolute Gasteiger partial charge is 0.264 e. The number of nitrogens with two attached hydrogens (primary N) is 1. The Bertz CT molecular complexity index is 2440. The molecule has 1 saturated carbocycles. The minimum Gasteiger partial charge on any atom is -0.457 e. The van der Waals surface area contributed by atoms with Crippen LogP contribution >= 0.6 is 0 Å². The Morgan fingerprint density at radius 2 is 1.57 bits per heavy atom. The van der Waals surface area contributed by atoms with Crippen molar-refractivity contribution >= 4 is 46.2 Å². The fourth-order valence-electron chi connectivity index (χ4n) is 9.52.